The Bertz CT molecular complexity index is 880. The van der Waals surface area contributed by atoms with Crippen molar-refractivity contribution in [1.82, 2.24) is 4.31 Å². The van der Waals surface area contributed by atoms with Gasteiger partial charge in [-0.2, -0.15) is 4.31 Å². The van der Waals surface area contributed by atoms with Crippen molar-refractivity contribution in [2.75, 3.05) is 24.6 Å². The zero-order valence-corrected chi connectivity index (χ0v) is 15.1. The molecular formula is C14H20N2O7S2. The molecule has 2 atom stereocenters. The monoisotopic (exact) mass is 392 g/mol. The zero-order valence-electron chi connectivity index (χ0n) is 13.5. The first-order chi connectivity index (χ1) is 11.5. The summed E-state index contributed by atoms with van der Waals surface area (Å²) in [5.41, 5.74) is 5.57. The number of carboxylic acid groups (broad SMARTS) is 1. The molecule has 0 spiro atoms. The van der Waals surface area contributed by atoms with Gasteiger partial charge in [0.2, 0.25) is 10.0 Å². The van der Waals surface area contributed by atoms with E-state index >= 15 is 0 Å². The van der Waals surface area contributed by atoms with Gasteiger partial charge in [0.15, 0.2) is 9.84 Å². The third kappa shape index (κ3) is 4.01. The Morgan fingerprint density at radius 2 is 2.00 bits per heavy atom. The zero-order chi connectivity index (χ0) is 19.0. The van der Waals surface area contributed by atoms with E-state index in [1.807, 2.05) is 0 Å². The first kappa shape index (κ1) is 19.8. The lowest BCUT2D eigenvalue weighted by Crippen LogP contribution is -2.48. The van der Waals surface area contributed by atoms with Crippen molar-refractivity contribution < 1.29 is 31.8 Å². The average Bonchev–Trinajstić information content (AvgIpc) is 2.77. The summed E-state index contributed by atoms with van der Waals surface area (Å²) in [5, 5.41) is 19.1. The topological polar surface area (TPSA) is 155 Å². The summed E-state index contributed by atoms with van der Waals surface area (Å²) in [5.74, 6) is -2.32. The third-order valence-electron chi connectivity index (χ3n) is 4.03. The molecule has 0 amide bonds. The lowest BCUT2D eigenvalue weighted by Gasteiger charge is -2.29. The Balaban J connectivity index is 2.54. The molecule has 9 nitrogen and oxygen atoms in total. The molecule has 25 heavy (non-hydrogen) atoms. The number of hydrogen-bond acceptors (Lipinski definition) is 7. The smallest absolute Gasteiger partial charge is 0.335 e. The van der Waals surface area contributed by atoms with Crippen molar-refractivity contribution in [2.45, 2.75) is 24.0 Å². The molecular weight excluding hydrogens is 372 g/mol. The highest BCUT2D eigenvalue weighted by atomic mass is 32.2. The van der Waals surface area contributed by atoms with Crippen LogP contribution in [0.25, 0.3) is 0 Å². The van der Waals surface area contributed by atoms with E-state index in [1.54, 1.807) is 0 Å². The van der Waals surface area contributed by atoms with Crippen LogP contribution in [-0.2, 0) is 19.9 Å². The number of sulfone groups is 1. The van der Waals surface area contributed by atoms with Gasteiger partial charge in [-0.05, 0) is 24.6 Å². The lowest BCUT2D eigenvalue weighted by molar-refractivity contribution is 0.0696. The fourth-order valence-corrected chi connectivity index (χ4v) is 6.63. The first-order valence-corrected chi connectivity index (χ1v) is 10.7. The number of aliphatic hydroxyl groups excluding tert-OH is 1. The van der Waals surface area contributed by atoms with Gasteiger partial charge in [0.25, 0.3) is 0 Å². The van der Waals surface area contributed by atoms with Gasteiger partial charge in [0.05, 0.1) is 34.1 Å². The number of nitrogens with two attached hydrogens (primary N) is 1. The Labute approximate surface area is 146 Å². The van der Waals surface area contributed by atoms with Gasteiger partial charge in [-0.3, -0.25) is 0 Å². The van der Waals surface area contributed by atoms with E-state index in [0.717, 1.165) is 10.4 Å². The quantitative estimate of drug-likeness (QED) is 0.545. The number of hydrogen-bond donors (Lipinski definition) is 3. The molecule has 0 bridgehead atoms. The number of aryl methyl sites for hydroxylation is 1. The summed E-state index contributed by atoms with van der Waals surface area (Å²) in [6.45, 7) is 1.22. The van der Waals surface area contributed by atoms with Gasteiger partial charge in [0, 0.05) is 13.1 Å². The molecule has 2 rings (SSSR count). The maximum absolute atomic E-state index is 13.0. The predicted octanol–water partition coefficient (Wildman–Crippen LogP) is -1.20. The van der Waals surface area contributed by atoms with Crippen LogP contribution in [0.5, 0.6) is 0 Å². The molecule has 140 valence electrons. The molecule has 0 unspecified atom stereocenters. The molecule has 1 aromatic carbocycles. The van der Waals surface area contributed by atoms with E-state index in [1.165, 1.54) is 19.1 Å². The molecule has 0 aliphatic carbocycles. The van der Waals surface area contributed by atoms with Crippen molar-refractivity contribution in [2.24, 2.45) is 5.73 Å². The lowest BCUT2D eigenvalue weighted by atomic mass is 10.1. The van der Waals surface area contributed by atoms with Crippen LogP contribution >= 0.6 is 0 Å². The van der Waals surface area contributed by atoms with Crippen LogP contribution in [0.15, 0.2) is 23.1 Å². The van der Waals surface area contributed by atoms with Crippen molar-refractivity contribution in [1.29, 1.82) is 0 Å². The fourth-order valence-electron chi connectivity index (χ4n) is 2.81. The van der Waals surface area contributed by atoms with Crippen LogP contribution in [0.4, 0.5) is 0 Å². The van der Waals surface area contributed by atoms with Crippen LogP contribution in [0.3, 0.4) is 0 Å². The SMILES string of the molecule is Cc1ccc(C(=O)O)cc1S(=O)(=O)N(CCN)[C@@H]1CS(=O)(=O)C[C@H]1O. The number of nitrogens with zero attached hydrogens (tertiary/aromatic N) is 1. The Hall–Kier alpha value is -1.53. The molecule has 1 fully saturated rings. The maximum Gasteiger partial charge on any atom is 0.335 e. The second-order valence-electron chi connectivity index (χ2n) is 5.90. The summed E-state index contributed by atoms with van der Waals surface area (Å²) in [6.07, 6.45) is -1.37. The highest BCUT2D eigenvalue weighted by molar-refractivity contribution is 7.92. The van der Waals surface area contributed by atoms with Crippen LogP contribution in [0, 0.1) is 6.92 Å². The molecule has 0 aromatic heterocycles. The molecule has 1 saturated heterocycles. The molecule has 4 N–H and O–H groups in total. The van der Waals surface area contributed by atoms with Crippen molar-refractivity contribution >= 4 is 25.8 Å². The largest absolute Gasteiger partial charge is 0.478 e. The van der Waals surface area contributed by atoms with E-state index in [2.05, 4.69) is 0 Å². The van der Waals surface area contributed by atoms with Crippen molar-refractivity contribution in [3.8, 4) is 0 Å². The number of rotatable bonds is 6. The van der Waals surface area contributed by atoms with E-state index < -0.39 is 49.5 Å². The summed E-state index contributed by atoms with van der Waals surface area (Å²) in [7, 11) is -7.82. The van der Waals surface area contributed by atoms with E-state index in [4.69, 9.17) is 10.8 Å². The highest BCUT2D eigenvalue weighted by Crippen LogP contribution is 2.27. The molecule has 0 saturated carbocycles. The molecule has 1 aliphatic heterocycles. The summed E-state index contributed by atoms with van der Waals surface area (Å²) < 4.78 is 50.4. The van der Waals surface area contributed by atoms with Gasteiger partial charge in [0.1, 0.15) is 0 Å². The minimum absolute atomic E-state index is 0.0832. The fraction of sp³-hybridized carbons (Fsp3) is 0.500. The summed E-state index contributed by atoms with van der Waals surface area (Å²) in [6, 6.07) is 2.50. The second-order valence-corrected chi connectivity index (χ2v) is 9.91. The van der Waals surface area contributed by atoms with Gasteiger partial charge < -0.3 is 15.9 Å². The molecule has 1 aliphatic rings. The minimum atomic E-state index is -4.25. The number of aromatic carboxylic acids is 1. The summed E-state index contributed by atoms with van der Waals surface area (Å²) >= 11 is 0. The van der Waals surface area contributed by atoms with Crippen molar-refractivity contribution in [3.05, 3.63) is 29.3 Å². The van der Waals surface area contributed by atoms with E-state index in [-0.39, 0.29) is 23.5 Å². The van der Waals surface area contributed by atoms with Crippen LogP contribution in [0.1, 0.15) is 15.9 Å². The van der Waals surface area contributed by atoms with Gasteiger partial charge >= 0.3 is 5.97 Å². The van der Waals surface area contributed by atoms with Gasteiger partial charge in [-0.25, -0.2) is 21.6 Å². The summed E-state index contributed by atoms with van der Waals surface area (Å²) in [4.78, 5) is 10.9. The molecule has 1 heterocycles. The maximum atomic E-state index is 13.0. The highest BCUT2D eigenvalue weighted by Gasteiger charge is 2.44. The average molecular weight is 392 g/mol. The van der Waals surface area contributed by atoms with E-state index in [0.29, 0.717) is 5.56 Å². The van der Waals surface area contributed by atoms with E-state index in [9.17, 15) is 26.7 Å². The standard InChI is InChI=1S/C14H20N2O7S2/c1-9-2-3-10(14(18)19)6-13(9)25(22,23)16(5-4-15)11-7-24(20,21)8-12(11)17/h2-3,6,11-12,17H,4-5,7-8,15H2,1H3,(H,18,19)/t11-,12-/m1/s1. The second kappa shape index (κ2) is 7.00. The van der Waals surface area contributed by atoms with Crippen LogP contribution in [0.2, 0.25) is 0 Å². The number of aliphatic hydroxyl groups is 1. The van der Waals surface area contributed by atoms with Crippen LogP contribution in [-0.4, -0.2) is 74.1 Å². The Morgan fingerprint density at radius 1 is 1.36 bits per heavy atom. The molecule has 1 aromatic rings. The predicted molar refractivity (Wildman–Crippen MR) is 89.5 cm³/mol. The number of sulfonamides is 1. The minimum Gasteiger partial charge on any atom is -0.478 e. The Kier molecular flexibility index (Phi) is 5.54. The number of carbonyl (C=O) groups is 1. The van der Waals surface area contributed by atoms with Crippen molar-refractivity contribution in [3.63, 3.8) is 0 Å². The first-order valence-electron chi connectivity index (χ1n) is 7.44. The third-order valence-corrected chi connectivity index (χ3v) is 7.80. The number of benzene rings is 1. The van der Waals surface area contributed by atoms with Crippen LogP contribution < -0.4 is 5.73 Å². The van der Waals surface area contributed by atoms with Gasteiger partial charge in [-0.1, -0.05) is 6.07 Å². The molecule has 11 heteroatoms. The van der Waals surface area contributed by atoms with Gasteiger partial charge in [-0.15, -0.1) is 0 Å². The Morgan fingerprint density at radius 3 is 2.48 bits per heavy atom. The number of carboxylic acids is 1. The normalized spacial score (nSPS) is 23.0. The molecule has 0 radical (unpaired) electrons.